The first-order valence-electron chi connectivity index (χ1n) is 6.43. The summed E-state index contributed by atoms with van der Waals surface area (Å²) in [5, 5.41) is 13.1. The second kappa shape index (κ2) is 8.66. The Morgan fingerprint density at radius 1 is 1.23 bits per heavy atom. The van der Waals surface area contributed by atoms with E-state index in [1.807, 2.05) is 0 Å². The minimum atomic E-state index is -3.80. The van der Waals surface area contributed by atoms with E-state index in [9.17, 15) is 23.3 Å². The van der Waals surface area contributed by atoms with Gasteiger partial charge in [-0.05, 0) is 18.6 Å². The first-order chi connectivity index (χ1) is 10.4. The molecule has 0 saturated carbocycles. The fraction of sp³-hybridized carbons (Fsp3) is 0.417. The molecule has 2 N–H and O–H groups in total. The zero-order chi connectivity index (χ0) is 16.6. The van der Waals surface area contributed by atoms with Crippen molar-refractivity contribution < 1.29 is 18.1 Å². The van der Waals surface area contributed by atoms with E-state index < -0.39 is 14.9 Å². The van der Waals surface area contributed by atoms with Crippen LogP contribution in [0, 0.1) is 10.1 Å². The molecule has 1 aromatic rings. The largest absolute Gasteiger partial charge is 0.356 e. The van der Waals surface area contributed by atoms with Gasteiger partial charge < -0.3 is 5.32 Å². The summed E-state index contributed by atoms with van der Waals surface area (Å²) in [6, 6.07) is 4.49. The van der Waals surface area contributed by atoms with Crippen molar-refractivity contribution in [1.82, 2.24) is 10.0 Å². The minimum Gasteiger partial charge on any atom is -0.356 e. The smallest absolute Gasteiger partial charge is 0.269 e. The van der Waals surface area contributed by atoms with E-state index in [1.54, 1.807) is 0 Å². The first-order valence-corrected chi connectivity index (χ1v) is 8.45. The summed E-state index contributed by atoms with van der Waals surface area (Å²) in [5.74, 6) is 0.157. The summed E-state index contributed by atoms with van der Waals surface area (Å²) in [7, 11) is -3.80. The van der Waals surface area contributed by atoms with Crippen LogP contribution in [0.1, 0.15) is 12.8 Å². The summed E-state index contributed by atoms with van der Waals surface area (Å²) >= 11 is 5.46. The zero-order valence-corrected chi connectivity index (χ0v) is 13.2. The molecule has 0 unspecified atom stereocenters. The lowest BCUT2D eigenvalue weighted by molar-refractivity contribution is -0.384. The summed E-state index contributed by atoms with van der Waals surface area (Å²) in [6.07, 6.45) is 0.635. The molecule has 122 valence electrons. The molecule has 0 aliphatic carbocycles. The molecule has 0 fully saturated rings. The third kappa shape index (κ3) is 5.96. The van der Waals surface area contributed by atoms with E-state index in [-0.39, 0.29) is 29.5 Å². The van der Waals surface area contributed by atoms with Crippen molar-refractivity contribution in [3.05, 3.63) is 34.4 Å². The van der Waals surface area contributed by atoms with Crippen molar-refractivity contribution in [3.8, 4) is 0 Å². The first kappa shape index (κ1) is 18.3. The average molecular weight is 350 g/mol. The molecular weight excluding hydrogens is 334 g/mol. The number of non-ortho nitro benzene ring substituents is 1. The highest BCUT2D eigenvalue weighted by atomic mass is 35.5. The van der Waals surface area contributed by atoms with Gasteiger partial charge in [0.2, 0.25) is 15.9 Å². The minimum absolute atomic E-state index is 0.00546. The second-order valence-electron chi connectivity index (χ2n) is 4.29. The Hall–Kier alpha value is -1.71. The van der Waals surface area contributed by atoms with E-state index in [1.165, 1.54) is 0 Å². The van der Waals surface area contributed by atoms with Crippen molar-refractivity contribution in [3.63, 3.8) is 0 Å². The third-order valence-electron chi connectivity index (χ3n) is 2.63. The van der Waals surface area contributed by atoms with E-state index in [2.05, 4.69) is 10.0 Å². The lowest BCUT2D eigenvalue weighted by Gasteiger charge is -2.07. The lowest BCUT2D eigenvalue weighted by atomic mass is 10.3. The van der Waals surface area contributed by atoms with Crippen LogP contribution in [0.15, 0.2) is 29.2 Å². The Balaban J connectivity index is 2.50. The molecule has 1 amide bonds. The van der Waals surface area contributed by atoms with Crippen LogP contribution < -0.4 is 10.0 Å². The molecule has 0 heterocycles. The van der Waals surface area contributed by atoms with Gasteiger partial charge in [-0.25, -0.2) is 13.1 Å². The Labute approximate surface area is 133 Å². The highest BCUT2D eigenvalue weighted by Crippen LogP contribution is 2.15. The standard InChI is InChI=1S/C12H16ClN3O5S/c13-7-1-8-14-12(17)6-9-15-22(20,21)11-4-2-10(3-5-11)16(18)19/h2-5,15H,1,6-9H2,(H,14,17). The predicted octanol–water partition coefficient (Wildman–Crippen LogP) is 1.01. The number of hydrogen-bond donors (Lipinski definition) is 2. The van der Waals surface area contributed by atoms with Gasteiger partial charge in [-0.1, -0.05) is 0 Å². The van der Waals surface area contributed by atoms with Gasteiger partial charge in [-0.2, -0.15) is 0 Å². The number of carbonyl (C=O) groups is 1. The molecule has 22 heavy (non-hydrogen) atoms. The number of alkyl halides is 1. The number of halogens is 1. The van der Waals surface area contributed by atoms with Crippen LogP contribution in [0.4, 0.5) is 5.69 Å². The second-order valence-corrected chi connectivity index (χ2v) is 6.44. The summed E-state index contributed by atoms with van der Waals surface area (Å²) in [5.41, 5.74) is -0.197. The molecule has 0 aliphatic rings. The monoisotopic (exact) mass is 349 g/mol. The predicted molar refractivity (Wildman–Crippen MR) is 81.2 cm³/mol. The Morgan fingerprint density at radius 2 is 1.86 bits per heavy atom. The van der Waals surface area contributed by atoms with Gasteiger partial charge in [-0.3, -0.25) is 14.9 Å². The molecule has 0 atom stereocenters. The molecule has 0 aromatic heterocycles. The summed E-state index contributed by atoms with van der Waals surface area (Å²) < 4.78 is 26.1. The van der Waals surface area contributed by atoms with Crippen LogP contribution in [-0.2, 0) is 14.8 Å². The highest BCUT2D eigenvalue weighted by Gasteiger charge is 2.15. The lowest BCUT2D eigenvalue weighted by Crippen LogP contribution is -2.31. The Morgan fingerprint density at radius 3 is 2.41 bits per heavy atom. The van der Waals surface area contributed by atoms with Gasteiger partial charge in [0.15, 0.2) is 0 Å². The molecule has 1 rings (SSSR count). The quantitative estimate of drug-likeness (QED) is 0.298. The number of benzene rings is 1. The summed E-state index contributed by atoms with van der Waals surface area (Å²) in [4.78, 5) is 21.2. The molecule has 8 nitrogen and oxygen atoms in total. The van der Waals surface area contributed by atoms with Gasteiger partial charge in [0.05, 0.1) is 9.82 Å². The summed E-state index contributed by atoms with van der Waals surface area (Å²) in [6.45, 7) is 0.378. The number of nitrogens with zero attached hydrogens (tertiary/aromatic N) is 1. The number of carbonyl (C=O) groups excluding carboxylic acids is 1. The van der Waals surface area contributed by atoms with E-state index >= 15 is 0 Å². The maximum Gasteiger partial charge on any atom is 0.269 e. The molecule has 0 aliphatic heterocycles. The number of nitro groups is 1. The maximum atomic E-state index is 11.9. The molecule has 10 heteroatoms. The molecule has 0 saturated heterocycles. The molecule has 0 bridgehead atoms. The van der Waals surface area contributed by atoms with Crippen LogP contribution in [-0.4, -0.2) is 38.2 Å². The SMILES string of the molecule is O=C(CCNS(=O)(=O)c1ccc([N+](=O)[O-])cc1)NCCCCl. The fourth-order valence-electron chi connectivity index (χ4n) is 1.51. The number of hydrogen-bond acceptors (Lipinski definition) is 5. The van der Waals surface area contributed by atoms with Gasteiger partial charge >= 0.3 is 0 Å². The number of rotatable bonds is 9. The Bertz CT molecular complexity index is 618. The van der Waals surface area contributed by atoms with Crippen molar-refractivity contribution in [2.24, 2.45) is 0 Å². The van der Waals surface area contributed by atoms with Crippen LogP contribution in [0.5, 0.6) is 0 Å². The number of amides is 1. The molecule has 0 radical (unpaired) electrons. The number of sulfonamides is 1. The van der Waals surface area contributed by atoms with Gasteiger partial charge in [0, 0.05) is 37.5 Å². The Kier molecular flexibility index (Phi) is 7.22. The number of nitrogens with one attached hydrogen (secondary N) is 2. The average Bonchev–Trinajstić information content (AvgIpc) is 2.47. The van der Waals surface area contributed by atoms with Gasteiger partial charge in [-0.15, -0.1) is 11.6 Å². The fourth-order valence-corrected chi connectivity index (χ4v) is 2.68. The van der Waals surface area contributed by atoms with Crippen molar-refractivity contribution in [2.75, 3.05) is 19.0 Å². The number of nitro benzene ring substituents is 1. The van der Waals surface area contributed by atoms with Crippen LogP contribution >= 0.6 is 11.6 Å². The third-order valence-corrected chi connectivity index (χ3v) is 4.38. The topological polar surface area (TPSA) is 118 Å². The van der Waals surface area contributed by atoms with Crippen LogP contribution in [0.3, 0.4) is 0 Å². The van der Waals surface area contributed by atoms with Crippen molar-refractivity contribution in [2.45, 2.75) is 17.7 Å². The van der Waals surface area contributed by atoms with Crippen molar-refractivity contribution >= 4 is 33.2 Å². The van der Waals surface area contributed by atoms with E-state index in [0.717, 1.165) is 24.3 Å². The van der Waals surface area contributed by atoms with Gasteiger partial charge in [0.1, 0.15) is 0 Å². The van der Waals surface area contributed by atoms with Crippen LogP contribution in [0.25, 0.3) is 0 Å². The van der Waals surface area contributed by atoms with E-state index in [4.69, 9.17) is 11.6 Å². The molecule has 0 spiro atoms. The van der Waals surface area contributed by atoms with Crippen molar-refractivity contribution in [1.29, 1.82) is 0 Å². The van der Waals surface area contributed by atoms with Crippen LogP contribution in [0.2, 0.25) is 0 Å². The van der Waals surface area contributed by atoms with E-state index in [0.29, 0.717) is 18.8 Å². The molecule has 1 aromatic carbocycles. The zero-order valence-electron chi connectivity index (χ0n) is 11.6. The van der Waals surface area contributed by atoms with Gasteiger partial charge in [0.25, 0.3) is 5.69 Å². The maximum absolute atomic E-state index is 11.9. The normalized spacial score (nSPS) is 11.1. The molecular formula is C12H16ClN3O5S. The highest BCUT2D eigenvalue weighted by molar-refractivity contribution is 7.89.